The van der Waals surface area contributed by atoms with Crippen molar-refractivity contribution in [3.63, 3.8) is 0 Å². The van der Waals surface area contributed by atoms with E-state index < -0.39 is 21.5 Å². The van der Waals surface area contributed by atoms with E-state index in [2.05, 4.69) is 15.0 Å². The largest absolute Gasteiger partial charge is 0.494 e. The molecule has 0 aliphatic heterocycles. The molecule has 9 nitrogen and oxygen atoms in total. The highest BCUT2D eigenvalue weighted by atomic mass is 32.2. The molecule has 3 aromatic carbocycles. The van der Waals surface area contributed by atoms with Crippen LogP contribution >= 0.6 is 0 Å². The van der Waals surface area contributed by atoms with Crippen LogP contribution in [0.15, 0.2) is 82.6 Å². The molecule has 4 rings (SSSR count). The molecule has 35 heavy (non-hydrogen) atoms. The average molecular weight is 493 g/mol. The first-order valence-electron chi connectivity index (χ1n) is 10.9. The van der Waals surface area contributed by atoms with Crippen LogP contribution < -0.4 is 20.3 Å². The zero-order valence-electron chi connectivity index (χ0n) is 19.2. The Bertz CT molecular complexity index is 1550. The minimum absolute atomic E-state index is 0.0238. The summed E-state index contributed by atoms with van der Waals surface area (Å²) in [5.41, 5.74) is 1.89. The highest BCUT2D eigenvalue weighted by molar-refractivity contribution is 7.92. The number of nitrogens with zero attached hydrogens (tertiary/aromatic N) is 2. The fraction of sp³-hybridized carbons (Fsp3) is 0.160. The van der Waals surface area contributed by atoms with Gasteiger partial charge in [-0.05, 0) is 67.9 Å². The van der Waals surface area contributed by atoms with Gasteiger partial charge in [0.15, 0.2) is 0 Å². The molecule has 0 saturated heterocycles. The van der Waals surface area contributed by atoms with Crippen LogP contribution in [0, 0.1) is 6.92 Å². The summed E-state index contributed by atoms with van der Waals surface area (Å²) in [7, 11) is -3.93. The lowest BCUT2D eigenvalue weighted by molar-refractivity contribution is -0.116. The minimum atomic E-state index is -3.93. The van der Waals surface area contributed by atoms with Gasteiger partial charge in [-0.3, -0.25) is 18.9 Å². The maximum atomic E-state index is 13.0. The number of anilines is 2. The molecule has 0 saturated carbocycles. The average Bonchev–Trinajstić information content (AvgIpc) is 2.83. The predicted octanol–water partition coefficient (Wildman–Crippen LogP) is 3.54. The molecule has 0 aliphatic rings. The molecule has 2 N–H and O–H groups in total. The molecular weight excluding hydrogens is 468 g/mol. The summed E-state index contributed by atoms with van der Waals surface area (Å²) in [6.45, 7) is 3.79. The first kappa shape index (κ1) is 24.0. The number of aromatic nitrogens is 2. The van der Waals surface area contributed by atoms with Crippen molar-refractivity contribution in [1.29, 1.82) is 0 Å². The highest BCUT2D eigenvalue weighted by Crippen LogP contribution is 2.24. The number of para-hydroxylation sites is 2. The van der Waals surface area contributed by atoms with Crippen LogP contribution in [0.3, 0.4) is 0 Å². The number of fused-ring (bicyclic) bond motifs is 1. The van der Waals surface area contributed by atoms with Gasteiger partial charge < -0.3 is 10.1 Å². The van der Waals surface area contributed by atoms with Gasteiger partial charge in [-0.2, -0.15) is 0 Å². The van der Waals surface area contributed by atoms with E-state index >= 15 is 0 Å². The Kier molecular flexibility index (Phi) is 6.83. The molecule has 1 amide bonds. The van der Waals surface area contributed by atoms with Gasteiger partial charge in [-0.25, -0.2) is 13.4 Å². The summed E-state index contributed by atoms with van der Waals surface area (Å²) < 4.78 is 35.3. The number of carbonyl (C=O) groups is 1. The molecule has 0 unspecified atom stereocenters. The third-order valence-electron chi connectivity index (χ3n) is 5.23. The molecule has 0 bridgehead atoms. The van der Waals surface area contributed by atoms with Gasteiger partial charge in [0.05, 0.1) is 28.7 Å². The predicted molar refractivity (Wildman–Crippen MR) is 134 cm³/mol. The minimum Gasteiger partial charge on any atom is -0.494 e. The quantitative estimate of drug-likeness (QED) is 0.388. The standard InChI is InChI=1S/C25H24N4O5S/c1-3-34-20-12-10-18(11-13-20)28-35(32,33)23-14-19(9-8-17(23)2)27-24(30)16-29-22-7-5-4-6-21(22)26-15-25(29)31/h4-15,28H,3,16H2,1-2H3,(H,27,30). The lowest BCUT2D eigenvalue weighted by atomic mass is 10.2. The number of hydrogen-bond acceptors (Lipinski definition) is 6. The Balaban J connectivity index is 1.54. The fourth-order valence-electron chi connectivity index (χ4n) is 3.59. The Morgan fingerprint density at radius 2 is 1.74 bits per heavy atom. The van der Waals surface area contributed by atoms with Crippen molar-refractivity contribution in [3.8, 4) is 5.75 Å². The molecule has 0 aliphatic carbocycles. The van der Waals surface area contributed by atoms with Crippen molar-refractivity contribution in [2.24, 2.45) is 0 Å². The molecule has 0 spiro atoms. The van der Waals surface area contributed by atoms with E-state index in [-0.39, 0.29) is 11.4 Å². The SMILES string of the molecule is CCOc1ccc(NS(=O)(=O)c2cc(NC(=O)Cn3c(=O)cnc4ccccc43)ccc2C)cc1. The third kappa shape index (κ3) is 5.49. The Labute approximate surface area is 202 Å². The zero-order valence-corrected chi connectivity index (χ0v) is 20.0. The van der Waals surface area contributed by atoms with Gasteiger partial charge in [0.2, 0.25) is 5.91 Å². The normalized spacial score (nSPS) is 11.3. The van der Waals surface area contributed by atoms with E-state index in [1.54, 1.807) is 67.6 Å². The van der Waals surface area contributed by atoms with Gasteiger partial charge in [-0.1, -0.05) is 18.2 Å². The van der Waals surface area contributed by atoms with Crippen LogP contribution in [-0.2, 0) is 21.4 Å². The van der Waals surface area contributed by atoms with E-state index in [9.17, 15) is 18.0 Å². The summed E-state index contributed by atoms with van der Waals surface area (Å²) in [5, 5.41) is 2.68. The maximum Gasteiger partial charge on any atom is 0.269 e. The number of benzene rings is 3. The summed E-state index contributed by atoms with van der Waals surface area (Å²) in [5.74, 6) is 0.160. The number of aryl methyl sites for hydroxylation is 1. The Morgan fingerprint density at radius 1 is 1.03 bits per heavy atom. The van der Waals surface area contributed by atoms with Gasteiger partial charge in [0.25, 0.3) is 15.6 Å². The van der Waals surface area contributed by atoms with E-state index in [4.69, 9.17) is 4.74 Å². The van der Waals surface area contributed by atoms with Crippen molar-refractivity contribution >= 4 is 38.3 Å². The summed E-state index contributed by atoms with van der Waals surface area (Å²) in [4.78, 5) is 29.1. The number of hydrogen-bond donors (Lipinski definition) is 2. The molecule has 0 atom stereocenters. The van der Waals surface area contributed by atoms with E-state index in [0.717, 1.165) is 0 Å². The van der Waals surface area contributed by atoms with Crippen molar-refractivity contribution in [1.82, 2.24) is 9.55 Å². The van der Waals surface area contributed by atoms with Crippen LogP contribution in [0.5, 0.6) is 5.75 Å². The van der Waals surface area contributed by atoms with Crippen LogP contribution in [0.1, 0.15) is 12.5 Å². The monoisotopic (exact) mass is 492 g/mol. The highest BCUT2D eigenvalue weighted by Gasteiger charge is 2.19. The van der Waals surface area contributed by atoms with E-state index in [0.29, 0.717) is 40.3 Å². The van der Waals surface area contributed by atoms with Gasteiger partial charge in [-0.15, -0.1) is 0 Å². The second-order valence-electron chi connectivity index (χ2n) is 7.76. The Hall–Kier alpha value is -4.18. The first-order chi connectivity index (χ1) is 16.8. The number of amides is 1. The van der Waals surface area contributed by atoms with Crippen LogP contribution in [0.4, 0.5) is 11.4 Å². The lowest BCUT2D eigenvalue weighted by Gasteiger charge is -2.14. The zero-order chi connectivity index (χ0) is 25.0. The number of sulfonamides is 1. The topological polar surface area (TPSA) is 119 Å². The first-order valence-corrected chi connectivity index (χ1v) is 12.4. The lowest BCUT2D eigenvalue weighted by Crippen LogP contribution is -2.28. The molecule has 1 aromatic heterocycles. The van der Waals surface area contributed by atoms with Crippen LogP contribution in [0.2, 0.25) is 0 Å². The third-order valence-corrected chi connectivity index (χ3v) is 6.76. The maximum absolute atomic E-state index is 13.0. The number of nitrogens with one attached hydrogen (secondary N) is 2. The van der Waals surface area contributed by atoms with Gasteiger partial charge in [0.1, 0.15) is 12.3 Å². The van der Waals surface area contributed by atoms with E-state index in [1.807, 2.05) is 6.92 Å². The van der Waals surface area contributed by atoms with Crippen molar-refractivity contribution in [2.45, 2.75) is 25.3 Å². The van der Waals surface area contributed by atoms with E-state index in [1.165, 1.54) is 16.8 Å². The molecule has 0 fully saturated rings. The van der Waals surface area contributed by atoms with Crippen molar-refractivity contribution in [2.75, 3.05) is 16.6 Å². The molecule has 4 aromatic rings. The molecule has 10 heteroatoms. The molecule has 0 radical (unpaired) electrons. The van der Waals surface area contributed by atoms with Crippen LogP contribution in [0.25, 0.3) is 11.0 Å². The summed E-state index contributed by atoms with van der Waals surface area (Å²) >= 11 is 0. The number of rotatable bonds is 8. The molecule has 1 heterocycles. The molecule has 180 valence electrons. The number of ether oxygens (including phenoxy) is 1. The Morgan fingerprint density at radius 3 is 2.49 bits per heavy atom. The van der Waals surface area contributed by atoms with Gasteiger partial charge in [0, 0.05) is 11.4 Å². The molecular formula is C25H24N4O5S. The fourth-order valence-corrected chi connectivity index (χ4v) is 4.92. The van der Waals surface area contributed by atoms with Gasteiger partial charge >= 0.3 is 0 Å². The van der Waals surface area contributed by atoms with Crippen molar-refractivity contribution < 1.29 is 17.9 Å². The number of carbonyl (C=O) groups excluding carboxylic acids is 1. The van der Waals surface area contributed by atoms with Crippen molar-refractivity contribution in [3.05, 3.63) is 88.8 Å². The second kappa shape index (κ2) is 9.98. The van der Waals surface area contributed by atoms with Crippen LogP contribution in [-0.4, -0.2) is 30.5 Å². The summed E-state index contributed by atoms with van der Waals surface area (Å²) in [6, 6.07) is 18.2. The second-order valence-corrected chi connectivity index (χ2v) is 9.41. The smallest absolute Gasteiger partial charge is 0.269 e. The summed E-state index contributed by atoms with van der Waals surface area (Å²) in [6.07, 6.45) is 1.17.